The van der Waals surface area contributed by atoms with Crippen LogP contribution >= 0.6 is 0 Å². The Morgan fingerprint density at radius 3 is 1.86 bits per heavy atom. The van der Waals surface area contributed by atoms with Gasteiger partial charge in [0, 0.05) is 11.3 Å². The Hall–Kier alpha value is -2.87. The Bertz CT molecular complexity index is 734. The lowest BCUT2D eigenvalue weighted by Gasteiger charge is -2.07. The second-order valence-corrected chi connectivity index (χ2v) is 5.09. The van der Waals surface area contributed by atoms with E-state index in [0.29, 0.717) is 6.54 Å². The molecule has 0 aliphatic heterocycles. The molecule has 2 nitrogen and oxygen atoms in total. The van der Waals surface area contributed by atoms with Crippen molar-refractivity contribution in [2.75, 3.05) is 11.9 Å². The van der Waals surface area contributed by atoms with E-state index < -0.39 is 0 Å². The monoisotopic (exact) mass is 287 g/mol. The van der Waals surface area contributed by atoms with Gasteiger partial charge in [-0.3, -0.25) is 4.79 Å². The van der Waals surface area contributed by atoms with Crippen LogP contribution < -0.4 is 5.32 Å². The van der Waals surface area contributed by atoms with E-state index in [1.807, 2.05) is 60.7 Å². The normalized spacial score (nSPS) is 10.2. The summed E-state index contributed by atoms with van der Waals surface area (Å²) in [4.78, 5) is 12.0. The van der Waals surface area contributed by atoms with E-state index in [1.165, 1.54) is 11.1 Å². The molecule has 0 radical (unpaired) electrons. The molecule has 0 aliphatic carbocycles. The van der Waals surface area contributed by atoms with E-state index in [-0.39, 0.29) is 5.78 Å². The summed E-state index contributed by atoms with van der Waals surface area (Å²) in [6.07, 6.45) is 0. The third kappa shape index (κ3) is 3.41. The molecule has 0 unspecified atom stereocenters. The van der Waals surface area contributed by atoms with Gasteiger partial charge in [0.1, 0.15) is 0 Å². The number of ketones is 1. The Morgan fingerprint density at radius 2 is 1.23 bits per heavy atom. The SMILES string of the molecule is O=C(CNc1ccc(-c2ccccc2)cc1)c1ccccc1. The molecular weight excluding hydrogens is 270 g/mol. The van der Waals surface area contributed by atoms with Crippen LogP contribution in [0.15, 0.2) is 84.9 Å². The van der Waals surface area contributed by atoms with Gasteiger partial charge in [0.2, 0.25) is 0 Å². The highest BCUT2D eigenvalue weighted by Gasteiger charge is 2.04. The van der Waals surface area contributed by atoms with Gasteiger partial charge in [-0.05, 0) is 23.3 Å². The van der Waals surface area contributed by atoms with Crippen molar-refractivity contribution >= 4 is 11.5 Å². The first kappa shape index (κ1) is 14.1. The predicted molar refractivity (Wildman–Crippen MR) is 91.1 cm³/mol. The molecule has 0 spiro atoms. The van der Waals surface area contributed by atoms with E-state index in [0.717, 1.165) is 11.3 Å². The van der Waals surface area contributed by atoms with Crippen LogP contribution in [0.5, 0.6) is 0 Å². The van der Waals surface area contributed by atoms with Crippen molar-refractivity contribution in [2.24, 2.45) is 0 Å². The van der Waals surface area contributed by atoms with Gasteiger partial charge >= 0.3 is 0 Å². The molecule has 22 heavy (non-hydrogen) atoms. The molecule has 0 aromatic heterocycles. The fraction of sp³-hybridized carbons (Fsp3) is 0.0500. The third-order valence-corrected chi connectivity index (χ3v) is 3.54. The lowest BCUT2D eigenvalue weighted by atomic mass is 10.1. The Balaban J connectivity index is 1.63. The zero-order valence-corrected chi connectivity index (χ0v) is 12.2. The molecule has 0 saturated heterocycles. The number of carbonyl (C=O) groups is 1. The summed E-state index contributed by atoms with van der Waals surface area (Å²) >= 11 is 0. The van der Waals surface area contributed by atoms with Crippen molar-refractivity contribution in [3.8, 4) is 11.1 Å². The third-order valence-electron chi connectivity index (χ3n) is 3.54. The van der Waals surface area contributed by atoms with Gasteiger partial charge in [-0.25, -0.2) is 0 Å². The van der Waals surface area contributed by atoms with Crippen LogP contribution in [0, 0.1) is 0 Å². The predicted octanol–water partition coefficient (Wildman–Crippen LogP) is 4.65. The summed E-state index contributed by atoms with van der Waals surface area (Å²) in [5.41, 5.74) is 4.04. The second-order valence-electron chi connectivity index (χ2n) is 5.09. The van der Waals surface area contributed by atoms with E-state index in [1.54, 1.807) is 0 Å². The number of anilines is 1. The fourth-order valence-electron chi connectivity index (χ4n) is 2.32. The maximum absolute atomic E-state index is 12.0. The topological polar surface area (TPSA) is 29.1 Å². The second kappa shape index (κ2) is 6.72. The van der Waals surface area contributed by atoms with Crippen LogP contribution in [0.25, 0.3) is 11.1 Å². The van der Waals surface area contributed by atoms with Crippen LogP contribution in [0.4, 0.5) is 5.69 Å². The first-order valence-corrected chi connectivity index (χ1v) is 7.30. The van der Waals surface area contributed by atoms with E-state index >= 15 is 0 Å². The minimum atomic E-state index is 0.0905. The summed E-state index contributed by atoms with van der Waals surface area (Å²) in [6, 6.07) is 27.7. The molecule has 0 fully saturated rings. The Morgan fingerprint density at radius 1 is 0.682 bits per heavy atom. The maximum Gasteiger partial charge on any atom is 0.181 e. The number of hydrogen-bond acceptors (Lipinski definition) is 2. The van der Waals surface area contributed by atoms with Gasteiger partial charge < -0.3 is 5.32 Å². The van der Waals surface area contributed by atoms with Gasteiger partial charge in [0.05, 0.1) is 6.54 Å². The van der Waals surface area contributed by atoms with Crippen molar-refractivity contribution in [2.45, 2.75) is 0 Å². The summed E-state index contributed by atoms with van der Waals surface area (Å²) in [7, 11) is 0. The number of nitrogens with one attached hydrogen (secondary N) is 1. The standard InChI is InChI=1S/C20H17NO/c22-20(18-9-5-2-6-10-18)15-21-19-13-11-17(12-14-19)16-7-3-1-4-8-16/h1-14,21H,15H2. The summed E-state index contributed by atoms with van der Waals surface area (Å²) in [6.45, 7) is 0.300. The molecule has 0 heterocycles. The van der Waals surface area contributed by atoms with E-state index in [2.05, 4.69) is 29.6 Å². The lowest BCUT2D eigenvalue weighted by Crippen LogP contribution is -2.13. The first-order valence-electron chi connectivity index (χ1n) is 7.30. The van der Waals surface area contributed by atoms with E-state index in [9.17, 15) is 4.79 Å². The number of rotatable bonds is 5. The summed E-state index contributed by atoms with van der Waals surface area (Å²) in [5.74, 6) is 0.0905. The Labute approximate surface area is 130 Å². The highest BCUT2D eigenvalue weighted by Crippen LogP contribution is 2.20. The van der Waals surface area contributed by atoms with Crippen molar-refractivity contribution in [3.05, 3.63) is 90.5 Å². The molecule has 0 amide bonds. The first-order chi connectivity index (χ1) is 10.8. The van der Waals surface area contributed by atoms with Gasteiger partial charge in [-0.2, -0.15) is 0 Å². The van der Waals surface area contributed by atoms with Gasteiger partial charge in [0.15, 0.2) is 5.78 Å². The van der Waals surface area contributed by atoms with Crippen LogP contribution in [0.1, 0.15) is 10.4 Å². The number of carbonyl (C=O) groups excluding carboxylic acids is 1. The quantitative estimate of drug-likeness (QED) is 0.692. The molecule has 2 heteroatoms. The zero-order valence-electron chi connectivity index (χ0n) is 12.2. The number of Topliss-reactive ketones (excluding diaryl/α,β-unsaturated/α-hetero) is 1. The number of hydrogen-bond donors (Lipinski definition) is 1. The molecular formula is C20H17NO. The molecule has 3 aromatic rings. The largest absolute Gasteiger partial charge is 0.378 e. The van der Waals surface area contributed by atoms with Crippen LogP contribution in [0.2, 0.25) is 0 Å². The Kier molecular flexibility index (Phi) is 4.30. The van der Waals surface area contributed by atoms with Crippen molar-refractivity contribution in [3.63, 3.8) is 0 Å². The molecule has 0 aliphatic rings. The molecule has 0 saturated carbocycles. The number of benzene rings is 3. The van der Waals surface area contributed by atoms with Gasteiger partial charge in [-0.15, -0.1) is 0 Å². The average Bonchev–Trinajstić information content (AvgIpc) is 2.61. The van der Waals surface area contributed by atoms with Crippen molar-refractivity contribution < 1.29 is 4.79 Å². The lowest BCUT2D eigenvalue weighted by molar-refractivity contribution is 0.101. The van der Waals surface area contributed by atoms with Crippen LogP contribution in [-0.2, 0) is 0 Å². The zero-order chi connectivity index (χ0) is 15.2. The smallest absolute Gasteiger partial charge is 0.181 e. The average molecular weight is 287 g/mol. The molecule has 108 valence electrons. The fourth-order valence-corrected chi connectivity index (χ4v) is 2.32. The van der Waals surface area contributed by atoms with Crippen molar-refractivity contribution in [1.82, 2.24) is 0 Å². The highest BCUT2D eigenvalue weighted by atomic mass is 16.1. The van der Waals surface area contributed by atoms with E-state index in [4.69, 9.17) is 0 Å². The molecule has 3 rings (SSSR count). The molecule has 0 atom stereocenters. The molecule has 0 bridgehead atoms. The minimum absolute atomic E-state index is 0.0905. The summed E-state index contributed by atoms with van der Waals surface area (Å²) in [5, 5.41) is 3.17. The van der Waals surface area contributed by atoms with Crippen molar-refractivity contribution in [1.29, 1.82) is 0 Å². The summed E-state index contributed by atoms with van der Waals surface area (Å²) < 4.78 is 0. The minimum Gasteiger partial charge on any atom is -0.378 e. The highest BCUT2D eigenvalue weighted by molar-refractivity contribution is 5.98. The molecule has 1 N–H and O–H groups in total. The molecule has 3 aromatic carbocycles. The maximum atomic E-state index is 12.0. The van der Waals surface area contributed by atoms with Gasteiger partial charge in [-0.1, -0.05) is 72.8 Å². The van der Waals surface area contributed by atoms with Gasteiger partial charge in [0.25, 0.3) is 0 Å². The van der Waals surface area contributed by atoms with Crippen LogP contribution in [0.3, 0.4) is 0 Å². The van der Waals surface area contributed by atoms with Crippen LogP contribution in [-0.4, -0.2) is 12.3 Å².